The van der Waals surface area contributed by atoms with E-state index in [4.69, 9.17) is 18.0 Å². The highest BCUT2D eigenvalue weighted by Crippen LogP contribution is 2.07. The van der Waals surface area contributed by atoms with Crippen LogP contribution >= 0.6 is 12.2 Å². The Labute approximate surface area is 99.7 Å². The first-order valence-electron chi connectivity index (χ1n) is 5.17. The van der Waals surface area contributed by atoms with Crippen molar-refractivity contribution in [1.82, 2.24) is 14.3 Å². The summed E-state index contributed by atoms with van der Waals surface area (Å²) in [6, 6.07) is 3.87. The maximum Gasteiger partial charge on any atom is 0.120 e. The van der Waals surface area contributed by atoms with E-state index in [9.17, 15) is 0 Å². The molecule has 2 aromatic rings. The van der Waals surface area contributed by atoms with Gasteiger partial charge in [-0.05, 0) is 19.1 Å². The first kappa shape index (κ1) is 10.9. The fourth-order valence-electron chi connectivity index (χ4n) is 1.63. The average molecular weight is 234 g/mol. The van der Waals surface area contributed by atoms with Crippen molar-refractivity contribution >= 4 is 17.2 Å². The lowest BCUT2D eigenvalue weighted by Gasteiger charge is -2.05. The molecule has 0 aromatic carbocycles. The van der Waals surface area contributed by atoms with E-state index in [0.29, 0.717) is 4.99 Å². The van der Waals surface area contributed by atoms with Gasteiger partial charge in [0, 0.05) is 24.5 Å². The molecule has 84 valence electrons. The zero-order valence-corrected chi connectivity index (χ0v) is 9.94. The van der Waals surface area contributed by atoms with Gasteiger partial charge in [-0.1, -0.05) is 12.2 Å². The molecule has 0 amide bonds. The van der Waals surface area contributed by atoms with Crippen molar-refractivity contribution in [3.8, 4) is 0 Å². The van der Waals surface area contributed by atoms with Crippen molar-refractivity contribution < 1.29 is 0 Å². The number of nitrogens with zero attached hydrogens (tertiary/aromatic N) is 3. The van der Waals surface area contributed by atoms with Crippen molar-refractivity contribution in [3.05, 3.63) is 42.0 Å². The van der Waals surface area contributed by atoms with Crippen molar-refractivity contribution in [1.29, 1.82) is 0 Å². The molecular formula is C11H14N4S. The van der Waals surface area contributed by atoms with Crippen LogP contribution in [0.15, 0.2) is 30.7 Å². The van der Waals surface area contributed by atoms with E-state index in [-0.39, 0.29) is 0 Å². The van der Waals surface area contributed by atoms with E-state index in [1.54, 1.807) is 0 Å². The maximum atomic E-state index is 5.63. The summed E-state index contributed by atoms with van der Waals surface area (Å²) in [5, 5.41) is 4.23. The summed E-state index contributed by atoms with van der Waals surface area (Å²) in [5.41, 5.74) is 7.67. The molecule has 2 aromatic heterocycles. The molecule has 0 radical (unpaired) electrons. The number of nitrogens with two attached hydrogens (primary N) is 1. The second-order valence-corrected chi connectivity index (χ2v) is 4.03. The number of aryl methyl sites for hydroxylation is 1. The van der Waals surface area contributed by atoms with Gasteiger partial charge in [-0.3, -0.25) is 4.68 Å². The van der Waals surface area contributed by atoms with Crippen LogP contribution in [0.25, 0.3) is 0 Å². The van der Waals surface area contributed by atoms with Gasteiger partial charge in [0.1, 0.15) is 4.99 Å². The van der Waals surface area contributed by atoms with Gasteiger partial charge in [0.05, 0.1) is 18.4 Å². The van der Waals surface area contributed by atoms with E-state index >= 15 is 0 Å². The second kappa shape index (κ2) is 4.49. The molecular weight excluding hydrogens is 220 g/mol. The van der Waals surface area contributed by atoms with Crippen molar-refractivity contribution in [3.63, 3.8) is 0 Å². The van der Waals surface area contributed by atoms with Crippen LogP contribution in [0, 0.1) is 0 Å². The molecule has 0 atom stereocenters. The number of rotatable bonds is 4. The van der Waals surface area contributed by atoms with Crippen LogP contribution in [0.3, 0.4) is 0 Å². The number of hydrogen-bond acceptors (Lipinski definition) is 2. The van der Waals surface area contributed by atoms with Crippen LogP contribution in [0.1, 0.15) is 18.2 Å². The molecule has 0 spiro atoms. The minimum atomic E-state index is 0.424. The molecule has 5 heteroatoms. The molecule has 0 aliphatic heterocycles. The summed E-state index contributed by atoms with van der Waals surface area (Å²) < 4.78 is 3.93. The highest BCUT2D eigenvalue weighted by molar-refractivity contribution is 7.80. The molecule has 4 nitrogen and oxygen atoms in total. The average Bonchev–Trinajstić information content (AvgIpc) is 2.87. The lowest BCUT2D eigenvalue weighted by Crippen LogP contribution is -2.15. The summed E-state index contributed by atoms with van der Waals surface area (Å²) in [4.78, 5) is 0.424. The smallest absolute Gasteiger partial charge is 0.120 e. The van der Waals surface area contributed by atoms with Gasteiger partial charge < -0.3 is 10.3 Å². The quantitative estimate of drug-likeness (QED) is 0.813. The standard InChI is InChI=1S/C11H14N4S/c1-2-15-8-9(6-13-15)7-14-5-3-4-10(14)11(12)16/h3-6,8H,2,7H2,1H3,(H2,12,16). The second-order valence-electron chi connectivity index (χ2n) is 3.59. The van der Waals surface area contributed by atoms with Gasteiger partial charge in [0.15, 0.2) is 0 Å². The van der Waals surface area contributed by atoms with Gasteiger partial charge in [-0.2, -0.15) is 5.10 Å². The fourth-order valence-corrected chi connectivity index (χ4v) is 1.82. The monoisotopic (exact) mass is 234 g/mol. The summed E-state index contributed by atoms with van der Waals surface area (Å²) in [6.07, 6.45) is 5.87. The van der Waals surface area contributed by atoms with E-state index in [1.807, 2.05) is 40.0 Å². The fraction of sp³-hybridized carbons (Fsp3) is 0.273. The van der Waals surface area contributed by atoms with Crippen LogP contribution in [0.2, 0.25) is 0 Å². The lowest BCUT2D eigenvalue weighted by atomic mass is 10.3. The van der Waals surface area contributed by atoms with Gasteiger partial charge in [-0.15, -0.1) is 0 Å². The Morgan fingerprint density at radius 1 is 1.56 bits per heavy atom. The van der Waals surface area contributed by atoms with Crippen molar-refractivity contribution in [2.24, 2.45) is 5.73 Å². The molecule has 0 saturated heterocycles. The molecule has 16 heavy (non-hydrogen) atoms. The Balaban J connectivity index is 2.20. The predicted molar refractivity (Wildman–Crippen MR) is 67.3 cm³/mol. The van der Waals surface area contributed by atoms with Gasteiger partial charge in [-0.25, -0.2) is 0 Å². The largest absolute Gasteiger partial charge is 0.388 e. The Morgan fingerprint density at radius 3 is 3.00 bits per heavy atom. The Hall–Kier alpha value is -1.62. The number of hydrogen-bond donors (Lipinski definition) is 1. The van der Waals surface area contributed by atoms with Crippen LogP contribution in [0.5, 0.6) is 0 Å². The first-order chi connectivity index (χ1) is 7.70. The minimum Gasteiger partial charge on any atom is -0.388 e. The predicted octanol–water partition coefficient (Wildman–Crippen LogP) is 1.39. The summed E-state index contributed by atoms with van der Waals surface area (Å²) in [6.45, 7) is 3.69. The third-order valence-corrected chi connectivity index (χ3v) is 2.65. The maximum absolute atomic E-state index is 5.63. The van der Waals surface area contributed by atoms with Crippen molar-refractivity contribution in [2.75, 3.05) is 0 Å². The minimum absolute atomic E-state index is 0.424. The van der Waals surface area contributed by atoms with Crippen LogP contribution in [-0.4, -0.2) is 19.3 Å². The highest BCUT2D eigenvalue weighted by Gasteiger charge is 2.05. The lowest BCUT2D eigenvalue weighted by molar-refractivity contribution is 0.658. The zero-order valence-electron chi connectivity index (χ0n) is 9.13. The van der Waals surface area contributed by atoms with Gasteiger partial charge >= 0.3 is 0 Å². The molecule has 0 aliphatic rings. The third-order valence-electron chi connectivity index (χ3n) is 2.45. The third kappa shape index (κ3) is 2.14. The molecule has 0 saturated carbocycles. The van der Waals surface area contributed by atoms with E-state index in [0.717, 1.165) is 24.3 Å². The van der Waals surface area contributed by atoms with Crippen LogP contribution in [0.4, 0.5) is 0 Å². The normalized spacial score (nSPS) is 10.6. The Morgan fingerprint density at radius 2 is 2.38 bits per heavy atom. The molecule has 2 N–H and O–H groups in total. The Kier molecular flexibility index (Phi) is 3.05. The SMILES string of the molecule is CCn1cc(Cn2cccc2C(N)=S)cn1. The summed E-state index contributed by atoms with van der Waals surface area (Å²) >= 11 is 4.98. The molecule has 2 rings (SSSR count). The van der Waals surface area contributed by atoms with Crippen LogP contribution < -0.4 is 5.73 Å². The van der Waals surface area contributed by atoms with Crippen LogP contribution in [-0.2, 0) is 13.1 Å². The molecule has 0 bridgehead atoms. The Bertz CT molecular complexity index is 498. The highest BCUT2D eigenvalue weighted by atomic mass is 32.1. The van der Waals surface area contributed by atoms with Gasteiger partial charge in [0.2, 0.25) is 0 Å². The van der Waals surface area contributed by atoms with E-state index in [1.165, 1.54) is 0 Å². The topological polar surface area (TPSA) is 48.8 Å². The van der Waals surface area contributed by atoms with Gasteiger partial charge in [0.25, 0.3) is 0 Å². The van der Waals surface area contributed by atoms with Crippen molar-refractivity contribution in [2.45, 2.75) is 20.0 Å². The molecule has 0 aliphatic carbocycles. The molecule has 0 fully saturated rings. The summed E-state index contributed by atoms with van der Waals surface area (Å²) in [5.74, 6) is 0. The number of thiocarbonyl (C=S) groups is 1. The first-order valence-corrected chi connectivity index (χ1v) is 5.58. The molecule has 2 heterocycles. The zero-order chi connectivity index (χ0) is 11.5. The summed E-state index contributed by atoms with van der Waals surface area (Å²) in [7, 11) is 0. The van der Waals surface area contributed by atoms with E-state index in [2.05, 4.69) is 12.0 Å². The van der Waals surface area contributed by atoms with E-state index < -0.39 is 0 Å². The molecule has 0 unspecified atom stereocenters. The number of aromatic nitrogens is 3.